The Morgan fingerprint density at radius 1 is 0.316 bits per heavy atom. The van der Waals surface area contributed by atoms with Crippen molar-refractivity contribution in [3.05, 3.63) is 25.3 Å². The van der Waals surface area contributed by atoms with E-state index in [0.717, 1.165) is 141 Å². The summed E-state index contributed by atoms with van der Waals surface area (Å²) in [5, 5.41) is 10.8. The fourth-order valence-corrected chi connectivity index (χ4v) is 15.6. The second kappa shape index (κ2) is 81.5. The number of hydrogen-bond donors (Lipinski definition) is 4. The number of Topliss-reactive ketones (excluding diaryl/α,β-unsaturated/α-hetero) is 2. The number of rotatable bonds is 90. The van der Waals surface area contributed by atoms with Crippen molar-refractivity contribution in [1.29, 1.82) is 0 Å². The van der Waals surface area contributed by atoms with Crippen LogP contribution in [0.25, 0.3) is 0 Å². The van der Waals surface area contributed by atoms with Gasteiger partial charge in [0.25, 0.3) is 0 Å². The molecule has 0 aliphatic heterocycles. The molecule has 114 heavy (non-hydrogen) atoms. The number of phosphoric ester groups is 2. The Morgan fingerprint density at radius 3 is 0.877 bits per heavy atom. The fraction of sp³-hybridized carbons (Fsp3) is 0.876. The van der Waals surface area contributed by atoms with E-state index >= 15 is 0 Å². The molecule has 0 aliphatic rings. The standard InChI is InChI=1S/C89H168N4O19P2/c1-9-17-23-29-33-37-41-47-51-57-81(94)73-85(96)92-79(75-103-69-63-83(59-53-45-27-21-13-5)111-87(98)61-55-49-43-39-35-31-25-19-11-3)77-109-113(101,105-67-15-7)107-71-65-90-89(100)91-66-72-108-114(102,106-68-16-8)110-78-80(93-86(97)74-82(95)58-52-48-42-38-34-30-24-18-10-2)76-104-70-64-84(60-54-46-28-22-14-6)112-88(99)62-56-50-44-40-36-32-26-20-12-4/h15-16,79-80,83-84H,7-14,17-78H2,1-6H3,(H,92,96)(H,93,97)(H2,90,91,100)/t79-,80-,83-,84-,113?,114?/m1/s1. The van der Waals surface area contributed by atoms with Gasteiger partial charge in [0.2, 0.25) is 11.8 Å². The van der Waals surface area contributed by atoms with Crippen LogP contribution in [0, 0.1) is 0 Å². The van der Waals surface area contributed by atoms with E-state index in [9.17, 15) is 42.7 Å². The highest BCUT2D eigenvalue weighted by atomic mass is 31.2. The largest absolute Gasteiger partial charge is 0.475 e. The molecule has 23 nitrogen and oxygen atoms in total. The van der Waals surface area contributed by atoms with Crippen LogP contribution in [0.4, 0.5) is 4.79 Å². The van der Waals surface area contributed by atoms with Crippen molar-refractivity contribution >= 4 is 57.0 Å². The number of ether oxygens (including phenoxy) is 4. The Kier molecular flexibility index (Phi) is 78.7. The minimum atomic E-state index is -4.42. The van der Waals surface area contributed by atoms with Crippen molar-refractivity contribution in [2.45, 2.75) is 425 Å². The summed E-state index contributed by atoms with van der Waals surface area (Å²) in [4.78, 5) is 92.6. The highest BCUT2D eigenvalue weighted by Gasteiger charge is 2.31. The normalized spacial score (nSPS) is 13.6. The highest BCUT2D eigenvalue weighted by Crippen LogP contribution is 2.50. The first-order valence-electron chi connectivity index (χ1n) is 45.9. The summed E-state index contributed by atoms with van der Waals surface area (Å²) in [7, 11) is -8.83. The summed E-state index contributed by atoms with van der Waals surface area (Å²) in [5.41, 5.74) is 0. The first kappa shape index (κ1) is 110. The van der Waals surface area contributed by atoms with Crippen LogP contribution < -0.4 is 21.3 Å². The Bertz CT molecular complexity index is 2290. The van der Waals surface area contributed by atoms with Crippen LogP contribution in [0.3, 0.4) is 0 Å². The smallest absolute Gasteiger partial charge is 0.462 e. The lowest BCUT2D eigenvalue weighted by atomic mass is 10.0. The van der Waals surface area contributed by atoms with Crippen LogP contribution in [0.15, 0.2) is 25.3 Å². The average Bonchev–Trinajstić information content (AvgIpc) is 0.555. The molecule has 4 N–H and O–H groups in total. The van der Waals surface area contributed by atoms with Gasteiger partial charge in [-0.1, -0.05) is 311 Å². The molecule has 668 valence electrons. The molecular weight excluding hydrogens is 1490 g/mol. The molecule has 0 spiro atoms. The summed E-state index contributed by atoms with van der Waals surface area (Å²) >= 11 is 0. The van der Waals surface area contributed by atoms with Crippen molar-refractivity contribution in [2.24, 2.45) is 0 Å². The third-order valence-corrected chi connectivity index (χ3v) is 22.9. The number of carbonyl (C=O) groups is 7. The first-order chi connectivity index (χ1) is 55.4. The lowest BCUT2D eigenvalue weighted by molar-refractivity contribution is -0.151. The zero-order chi connectivity index (χ0) is 83.7. The van der Waals surface area contributed by atoms with Gasteiger partial charge in [0.15, 0.2) is 0 Å². The van der Waals surface area contributed by atoms with Crippen molar-refractivity contribution < 1.29 is 88.8 Å². The van der Waals surface area contributed by atoms with Gasteiger partial charge in [0, 0.05) is 51.6 Å². The molecule has 2 unspecified atom stereocenters. The molecule has 0 aliphatic carbocycles. The van der Waals surface area contributed by atoms with E-state index < -0.39 is 58.8 Å². The molecule has 0 radical (unpaired) electrons. The monoisotopic (exact) mass is 1660 g/mol. The molecule has 6 atom stereocenters. The van der Waals surface area contributed by atoms with Gasteiger partial charge in [0.1, 0.15) is 23.8 Å². The molecule has 0 saturated carbocycles. The lowest BCUT2D eigenvalue weighted by Crippen LogP contribution is -2.42. The van der Waals surface area contributed by atoms with Gasteiger partial charge < -0.3 is 40.2 Å². The minimum Gasteiger partial charge on any atom is -0.462 e. The van der Waals surface area contributed by atoms with Crippen LogP contribution in [-0.4, -0.2) is 145 Å². The van der Waals surface area contributed by atoms with Gasteiger partial charge in [-0.15, -0.1) is 13.2 Å². The maximum Gasteiger partial charge on any atom is 0.475 e. The number of unbranched alkanes of at least 4 members (excludes halogenated alkanes) is 40. The number of ketones is 2. The van der Waals surface area contributed by atoms with Crippen molar-refractivity contribution in [3.8, 4) is 0 Å². The van der Waals surface area contributed by atoms with Gasteiger partial charge in [0.05, 0.1) is 91.0 Å². The van der Waals surface area contributed by atoms with E-state index in [2.05, 4.69) is 76.0 Å². The Morgan fingerprint density at radius 2 is 0.588 bits per heavy atom. The molecule has 25 heteroatoms. The minimum absolute atomic E-state index is 0.111. The zero-order valence-corrected chi connectivity index (χ0v) is 74.9. The van der Waals surface area contributed by atoms with Gasteiger partial charge in [-0.3, -0.25) is 55.9 Å². The predicted octanol–water partition coefficient (Wildman–Crippen LogP) is 22.9. The lowest BCUT2D eigenvalue weighted by Gasteiger charge is -2.23. The molecule has 0 saturated heterocycles. The third kappa shape index (κ3) is 73.3. The second-order valence-electron chi connectivity index (χ2n) is 31.1. The maximum atomic E-state index is 14.2. The molecule has 0 rings (SSSR count). The molecular formula is C89H168N4O19P2. The van der Waals surface area contributed by atoms with E-state index in [1.54, 1.807) is 0 Å². The number of amides is 4. The molecule has 0 aromatic carbocycles. The van der Waals surface area contributed by atoms with E-state index in [4.69, 9.17) is 46.1 Å². The number of carbonyl (C=O) groups excluding carboxylic acids is 7. The summed E-state index contributed by atoms with van der Waals surface area (Å²) < 4.78 is 86.8. The van der Waals surface area contributed by atoms with Crippen molar-refractivity contribution in [1.82, 2.24) is 21.3 Å². The zero-order valence-electron chi connectivity index (χ0n) is 73.1. The molecule has 0 heterocycles. The summed E-state index contributed by atoms with van der Waals surface area (Å²) in [6.45, 7) is 18.2. The van der Waals surface area contributed by atoms with Gasteiger partial charge in [-0.05, 0) is 51.4 Å². The summed E-state index contributed by atoms with van der Waals surface area (Å²) in [6.07, 6.45) is 55.5. The molecule has 0 fully saturated rings. The van der Waals surface area contributed by atoms with Crippen molar-refractivity contribution in [2.75, 3.05) is 79.2 Å². The number of hydrogen-bond acceptors (Lipinski definition) is 19. The van der Waals surface area contributed by atoms with Gasteiger partial charge >= 0.3 is 33.6 Å². The number of nitrogens with one attached hydrogen (secondary N) is 4. The SMILES string of the molecule is C=CCOP(=O)(OCCNC(=O)NCCOP(=O)(OCC=C)OC[C@@H](COCC[C@@H](CCCCCCC)OC(=O)CCCCCCCCCCC)NC(=O)CC(=O)CCCCCCCCCCC)OC[C@@H](COCC[C@@H](CCCCCCC)OC(=O)CCCCCCCCCCC)NC(=O)CC(=O)CCCCCCCCCCC. The average molecular weight is 1660 g/mol. The fourth-order valence-electron chi connectivity index (χ4n) is 13.2. The maximum absolute atomic E-state index is 14.2. The van der Waals surface area contributed by atoms with Crippen LogP contribution >= 0.6 is 15.6 Å². The summed E-state index contributed by atoms with van der Waals surface area (Å²) in [5.74, 6) is -1.93. The number of esters is 2. The van der Waals surface area contributed by atoms with E-state index in [0.29, 0.717) is 51.4 Å². The quantitative estimate of drug-likeness (QED) is 0.0145. The Balaban J connectivity index is 6.11. The first-order valence-corrected chi connectivity index (χ1v) is 48.8. The van der Waals surface area contributed by atoms with E-state index in [-0.39, 0.29) is 127 Å². The summed E-state index contributed by atoms with van der Waals surface area (Å²) in [6, 6.07) is -2.54. The number of phosphoric acid groups is 2. The van der Waals surface area contributed by atoms with Crippen LogP contribution in [0.5, 0.6) is 0 Å². The van der Waals surface area contributed by atoms with Gasteiger partial charge in [-0.25, -0.2) is 13.9 Å². The Hall–Kier alpha value is -3.89. The Labute approximate surface area is 693 Å². The molecule has 0 bridgehead atoms. The number of urea groups is 1. The predicted molar refractivity (Wildman–Crippen MR) is 461 cm³/mol. The topological polar surface area (TPSA) is 294 Å². The van der Waals surface area contributed by atoms with Crippen LogP contribution in [-0.2, 0) is 84.0 Å². The van der Waals surface area contributed by atoms with Crippen molar-refractivity contribution in [3.63, 3.8) is 0 Å². The van der Waals surface area contributed by atoms with E-state index in [1.807, 2.05) is 0 Å². The highest BCUT2D eigenvalue weighted by molar-refractivity contribution is 7.48. The van der Waals surface area contributed by atoms with Gasteiger partial charge in [-0.2, -0.15) is 0 Å². The van der Waals surface area contributed by atoms with E-state index in [1.165, 1.54) is 153 Å². The molecule has 4 amide bonds. The molecule has 0 aromatic rings. The second-order valence-corrected chi connectivity index (χ2v) is 34.5. The van der Waals surface area contributed by atoms with Crippen LogP contribution in [0.1, 0.15) is 401 Å². The molecule has 0 aromatic heterocycles. The third-order valence-electron chi connectivity index (χ3n) is 20.0. The van der Waals surface area contributed by atoms with Crippen LogP contribution in [0.2, 0.25) is 0 Å².